The molecule has 0 radical (unpaired) electrons. The van der Waals surface area contributed by atoms with Crippen LogP contribution >= 0.6 is 0 Å². The van der Waals surface area contributed by atoms with Gasteiger partial charge in [-0.25, -0.2) is 9.78 Å². The monoisotopic (exact) mass is 587 g/mol. The standard InChI is InChI=1S/C33H37N3O7/c1-20-14-22(16-29(38)26-17-23-24(35-26)10-7-12-31(23)42-2)32(40)36(18-20)27(15-21-8-3-4-11-28(21)37)30(39)19-43-33(41)25-9-5-6-13-34-25/h5-7,9-10,12-13,17,20-22,27,35H,3-4,8,11,14-16,18-19H2,1-2H3/t20?,21-,22+,27-/m0/s1. The van der Waals surface area contributed by atoms with Gasteiger partial charge in [0, 0.05) is 48.3 Å². The van der Waals surface area contributed by atoms with Crippen molar-refractivity contribution in [1.29, 1.82) is 0 Å². The molecule has 10 nitrogen and oxygen atoms in total. The van der Waals surface area contributed by atoms with E-state index in [-0.39, 0.29) is 47.8 Å². The lowest BCUT2D eigenvalue weighted by molar-refractivity contribution is -0.149. The summed E-state index contributed by atoms with van der Waals surface area (Å²) in [4.78, 5) is 74.8. The SMILES string of the molecule is COc1cccc2[nH]c(C(=O)C[C@H]3CC(C)CN([C@@H](C[C@@H]4CCCCC4=O)C(=O)COC(=O)c4ccccn4)C3=O)cc12. The van der Waals surface area contributed by atoms with Gasteiger partial charge in [0.25, 0.3) is 0 Å². The summed E-state index contributed by atoms with van der Waals surface area (Å²) in [6.07, 6.45) is 4.92. The smallest absolute Gasteiger partial charge is 0.357 e. The Balaban J connectivity index is 1.34. The Hall–Kier alpha value is -4.34. The summed E-state index contributed by atoms with van der Waals surface area (Å²) < 4.78 is 10.7. The largest absolute Gasteiger partial charge is 0.496 e. The summed E-state index contributed by atoms with van der Waals surface area (Å²) in [6, 6.07) is 11.1. The van der Waals surface area contributed by atoms with E-state index in [4.69, 9.17) is 9.47 Å². The van der Waals surface area contributed by atoms with Gasteiger partial charge in [-0.3, -0.25) is 19.2 Å². The van der Waals surface area contributed by atoms with Crippen LogP contribution in [0.5, 0.6) is 5.75 Å². The summed E-state index contributed by atoms with van der Waals surface area (Å²) in [6.45, 7) is 1.76. The quantitative estimate of drug-likeness (QED) is 0.255. The van der Waals surface area contributed by atoms with Gasteiger partial charge < -0.3 is 19.4 Å². The van der Waals surface area contributed by atoms with E-state index in [2.05, 4.69) is 9.97 Å². The zero-order chi connectivity index (χ0) is 30.5. The van der Waals surface area contributed by atoms with Crippen LogP contribution in [0.4, 0.5) is 0 Å². The number of esters is 1. The number of rotatable bonds is 11. The minimum absolute atomic E-state index is 0.0201. The van der Waals surface area contributed by atoms with Gasteiger partial charge in [0.05, 0.1) is 18.8 Å². The molecule has 1 saturated carbocycles. The Bertz CT molecular complexity index is 1520. The molecule has 1 amide bonds. The molecule has 2 aromatic heterocycles. The van der Waals surface area contributed by atoms with Gasteiger partial charge in [-0.15, -0.1) is 0 Å². The first-order chi connectivity index (χ1) is 20.7. The maximum absolute atomic E-state index is 13.9. The van der Waals surface area contributed by atoms with Crippen molar-refractivity contribution < 1.29 is 33.4 Å². The van der Waals surface area contributed by atoms with Gasteiger partial charge in [-0.05, 0) is 61.9 Å². The Kier molecular flexibility index (Phi) is 9.33. The van der Waals surface area contributed by atoms with E-state index in [0.29, 0.717) is 37.3 Å². The third-order valence-electron chi connectivity index (χ3n) is 8.56. The van der Waals surface area contributed by atoms with Crippen LogP contribution in [0, 0.1) is 17.8 Å². The first-order valence-electron chi connectivity index (χ1n) is 14.9. The number of aromatic nitrogens is 2. The van der Waals surface area contributed by atoms with Gasteiger partial charge in [-0.2, -0.15) is 0 Å². The molecule has 1 unspecified atom stereocenters. The van der Waals surface area contributed by atoms with E-state index in [9.17, 15) is 24.0 Å². The predicted octanol–water partition coefficient (Wildman–Crippen LogP) is 4.57. The number of nitrogens with one attached hydrogen (secondary N) is 1. The zero-order valence-corrected chi connectivity index (χ0v) is 24.5. The summed E-state index contributed by atoms with van der Waals surface area (Å²) in [5, 5.41) is 0.779. The van der Waals surface area contributed by atoms with Crippen molar-refractivity contribution >= 4 is 40.1 Å². The van der Waals surface area contributed by atoms with Gasteiger partial charge in [0.2, 0.25) is 5.91 Å². The number of Topliss-reactive ketones (excluding diaryl/α,β-unsaturated/α-hetero) is 3. The highest BCUT2D eigenvalue weighted by Gasteiger charge is 2.42. The number of H-pyrrole nitrogens is 1. The molecule has 10 heteroatoms. The summed E-state index contributed by atoms with van der Waals surface area (Å²) >= 11 is 0. The fourth-order valence-corrected chi connectivity index (χ4v) is 6.36. The molecule has 1 aliphatic heterocycles. The second-order valence-corrected chi connectivity index (χ2v) is 11.7. The molecule has 2 fully saturated rings. The molecule has 3 heterocycles. The van der Waals surface area contributed by atoms with Crippen LogP contribution in [0.3, 0.4) is 0 Å². The normalized spacial score (nSPS) is 21.4. The van der Waals surface area contributed by atoms with Crippen molar-refractivity contribution in [3.05, 3.63) is 60.0 Å². The van der Waals surface area contributed by atoms with Crippen LogP contribution in [-0.2, 0) is 19.1 Å². The summed E-state index contributed by atoms with van der Waals surface area (Å²) in [7, 11) is 1.57. The maximum Gasteiger partial charge on any atom is 0.357 e. The number of benzene rings is 1. The third-order valence-corrected chi connectivity index (χ3v) is 8.56. The van der Waals surface area contributed by atoms with Gasteiger partial charge >= 0.3 is 5.97 Å². The number of hydrogen-bond acceptors (Lipinski definition) is 8. The number of carbonyl (C=O) groups excluding carboxylic acids is 5. The zero-order valence-electron chi connectivity index (χ0n) is 24.5. The minimum atomic E-state index is -0.936. The van der Waals surface area contributed by atoms with Gasteiger partial charge in [-0.1, -0.05) is 25.5 Å². The Morgan fingerprint density at radius 1 is 1.09 bits per heavy atom. The molecule has 3 aromatic rings. The average Bonchev–Trinajstić information content (AvgIpc) is 3.46. The van der Waals surface area contributed by atoms with E-state index in [1.54, 1.807) is 25.3 Å². The van der Waals surface area contributed by atoms with Gasteiger partial charge in [0.15, 0.2) is 18.2 Å². The average molecular weight is 588 g/mol. The highest BCUT2D eigenvalue weighted by Crippen LogP contribution is 2.33. The molecule has 5 rings (SSSR count). The van der Waals surface area contributed by atoms with Crippen LogP contribution in [-0.4, -0.2) is 70.4 Å². The topological polar surface area (TPSA) is 136 Å². The number of carbonyl (C=O) groups is 5. The van der Waals surface area contributed by atoms with Crippen molar-refractivity contribution in [3.63, 3.8) is 0 Å². The second kappa shape index (κ2) is 13.3. The number of nitrogens with zero attached hydrogens (tertiary/aromatic N) is 2. The van der Waals surface area contributed by atoms with Crippen molar-refractivity contribution in [3.8, 4) is 5.75 Å². The second-order valence-electron chi connectivity index (χ2n) is 11.7. The number of hydrogen-bond donors (Lipinski definition) is 1. The van der Waals surface area contributed by atoms with E-state index in [1.807, 2.05) is 25.1 Å². The van der Waals surface area contributed by atoms with Crippen LogP contribution in [0.15, 0.2) is 48.7 Å². The minimum Gasteiger partial charge on any atom is -0.496 e. The molecule has 43 heavy (non-hydrogen) atoms. The number of piperidine rings is 1. The number of ketones is 3. The van der Waals surface area contributed by atoms with Crippen LogP contribution < -0.4 is 4.74 Å². The fraction of sp³-hybridized carbons (Fsp3) is 0.455. The van der Waals surface area contributed by atoms with E-state index < -0.39 is 30.3 Å². The van der Waals surface area contributed by atoms with E-state index >= 15 is 0 Å². The number of ether oxygens (including phenoxy) is 2. The van der Waals surface area contributed by atoms with E-state index in [1.165, 1.54) is 17.2 Å². The molecule has 1 saturated heterocycles. The molecule has 4 atom stereocenters. The van der Waals surface area contributed by atoms with Crippen LogP contribution in [0.25, 0.3) is 10.9 Å². The first-order valence-corrected chi connectivity index (χ1v) is 14.9. The molecule has 1 aliphatic carbocycles. The Morgan fingerprint density at radius 3 is 2.67 bits per heavy atom. The summed E-state index contributed by atoms with van der Waals surface area (Å²) in [5.41, 5.74) is 1.22. The number of methoxy groups -OCH3 is 1. The number of fused-ring (bicyclic) bond motifs is 1. The van der Waals surface area contributed by atoms with Crippen molar-refractivity contribution in [2.75, 3.05) is 20.3 Å². The predicted molar refractivity (Wildman–Crippen MR) is 158 cm³/mol. The molecular formula is C33H37N3O7. The molecule has 1 N–H and O–H groups in total. The lowest BCUT2D eigenvalue weighted by Crippen LogP contribution is -2.54. The van der Waals surface area contributed by atoms with Crippen LogP contribution in [0.2, 0.25) is 0 Å². The lowest BCUT2D eigenvalue weighted by Gasteiger charge is -2.41. The molecular weight excluding hydrogens is 550 g/mol. The molecule has 2 aliphatic rings. The number of amides is 1. The highest BCUT2D eigenvalue weighted by molar-refractivity contribution is 6.03. The van der Waals surface area contributed by atoms with Crippen molar-refractivity contribution in [2.45, 2.75) is 57.9 Å². The van der Waals surface area contributed by atoms with Gasteiger partial charge in [0.1, 0.15) is 17.2 Å². The van der Waals surface area contributed by atoms with E-state index in [0.717, 1.165) is 23.7 Å². The molecule has 226 valence electrons. The maximum atomic E-state index is 13.9. The highest BCUT2D eigenvalue weighted by atomic mass is 16.5. The number of aromatic amines is 1. The first kappa shape index (κ1) is 30.1. The Morgan fingerprint density at radius 2 is 1.93 bits per heavy atom. The molecule has 0 spiro atoms. The third kappa shape index (κ3) is 6.84. The lowest BCUT2D eigenvalue weighted by atomic mass is 9.80. The molecule has 0 bridgehead atoms. The Labute approximate surface area is 250 Å². The number of pyridine rings is 1. The molecule has 1 aromatic carbocycles. The summed E-state index contributed by atoms with van der Waals surface area (Å²) in [5.74, 6) is -1.91. The fourth-order valence-electron chi connectivity index (χ4n) is 6.36. The van der Waals surface area contributed by atoms with Crippen molar-refractivity contribution in [2.24, 2.45) is 17.8 Å². The van der Waals surface area contributed by atoms with Crippen molar-refractivity contribution in [1.82, 2.24) is 14.9 Å². The van der Waals surface area contributed by atoms with Crippen LogP contribution in [0.1, 0.15) is 72.8 Å². The number of likely N-dealkylation sites (tertiary alicyclic amines) is 1.